The number of benzene rings is 2. The van der Waals surface area contributed by atoms with E-state index in [1.165, 1.54) is 0 Å². The molecule has 2 aromatic carbocycles. The Morgan fingerprint density at radius 2 is 1.68 bits per heavy atom. The van der Waals surface area contributed by atoms with Crippen molar-refractivity contribution in [3.63, 3.8) is 0 Å². The first-order valence-electron chi connectivity index (χ1n) is 6.35. The lowest BCUT2D eigenvalue weighted by molar-refractivity contribution is 0.0944. The predicted molar refractivity (Wildman–Crippen MR) is 94.0 cm³/mol. The van der Waals surface area contributed by atoms with Crippen molar-refractivity contribution in [1.29, 1.82) is 0 Å². The fraction of sp³-hybridized carbons (Fsp3) is 0.0667. The number of hydrazine groups is 1. The Hall–Kier alpha value is -2.12. The van der Waals surface area contributed by atoms with Gasteiger partial charge in [0, 0.05) is 15.7 Å². The smallest absolute Gasteiger partial charge is 0.269 e. The quantitative estimate of drug-likeness (QED) is 0.564. The van der Waals surface area contributed by atoms with Crippen LogP contribution in [-0.2, 0) is 0 Å². The van der Waals surface area contributed by atoms with Crippen molar-refractivity contribution >= 4 is 44.9 Å². The number of hydrogen-bond donors (Lipinski definition) is 3. The lowest BCUT2D eigenvalue weighted by atomic mass is 10.2. The topological polar surface area (TPSA) is 62.4 Å². The molecule has 0 aliphatic heterocycles. The summed E-state index contributed by atoms with van der Waals surface area (Å²) in [5, 5.41) is 3.25. The Kier molecular flexibility index (Phi) is 5.74. The summed E-state index contributed by atoms with van der Waals surface area (Å²) >= 11 is 8.46. The molecule has 0 saturated carbocycles. The number of amides is 1. The molecular weight excluding hydrogens is 366 g/mol. The molecule has 0 heterocycles. The van der Waals surface area contributed by atoms with Gasteiger partial charge in [0.15, 0.2) is 5.11 Å². The number of rotatable bonds is 3. The van der Waals surface area contributed by atoms with Crippen molar-refractivity contribution in [1.82, 2.24) is 10.9 Å². The van der Waals surface area contributed by atoms with Gasteiger partial charge in [-0.1, -0.05) is 15.9 Å². The number of nitrogens with one attached hydrogen (secondary N) is 3. The minimum absolute atomic E-state index is 0.289. The summed E-state index contributed by atoms with van der Waals surface area (Å²) in [4.78, 5) is 11.9. The number of thiocarbonyl (C=S) groups is 1. The van der Waals surface area contributed by atoms with E-state index in [4.69, 9.17) is 17.0 Å². The zero-order valence-corrected chi connectivity index (χ0v) is 14.1. The van der Waals surface area contributed by atoms with Gasteiger partial charge in [0.25, 0.3) is 5.91 Å². The molecule has 0 radical (unpaired) electrons. The van der Waals surface area contributed by atoms with Crippen LogP contribution >= 0.6 is 28.1 Å². The van der Waals surface area contributed by atoms with Crippen LogP contribution in [0.3, 0.4) is 0 Å². The Bertz CT molecular complexity index is 659. The summed E-state index contributed by atoms with van der Waals surface area (Å²) in [6, 6.07) is 14.3. The second-order valence-corrected chi connectivity index (χ2v) is 5.59. The lowest BCUT2D eigenvalue weighted by Gasteiger charge is -2.11. The summed E-state index contributed by atoms with van der Waals surface area (Å²) in [7, 11) is 1.57. The van der Waals surface area contributed by atoms with Crippen LogP contribution in [0.15, 0.2) is 53.0 Å². The molecule has 0 fully saturated rings. The molecule has 0 atom stereocenters. The Morgan fingerprint density at radius 1 is 1.05 bits per heavy atom. The lowest BCUT2D eigenvalue weighted by Crippen LogP contribution is -2.43. The predicted octanol–water partition coefficient (Wildman–Crippen LogP) is 3.09. The number of ether oxygens (including phenoxy) is 1. The molecule has 0 bridgehead atoms. The maximum absolute atomic E-state index is 11.9. The highest BCUT2D eigenvalue weighted by molar-refractivity contribution is 9.10. The van der Waals surface area contributed by atoms with Gasteiger partial charge < -0.3 is 10.1 Å². The van der Waals surface area contributed by atoms with Gasteiger partial charge in [-0.15, -0.1) is 0 Å². The summed E-state index contributed by atoms with van der Waals surface area (Å²) in [5.41, 5.74) is 6.49. The van der Waals surface area contributed by atoms with Crippen molar-refractivity contribution < 1.29 is 9.53 Å². The fourth-order valence-corrected chi connectivity index (χ4v) is 2.06. The van der Waals surface area contributed by atoms with Crippen LogP contribution in [-0.4, -0.2) is 18.1 Å². The highest BCUT2D eigenvalue weighted by atomic mass is 79.9. The molecule has 0 unspecified atom stereocenters. The first-order valence-corrected chi connectivity index (χ1v) is 7.55. The molecule has 0 saturated heterocycles. The maximum Gasteiger partial charge on any atom is 0.269 e. The Labute approximate surface area is 142 Å². The zero-order valence-electron chi connectivity index (χ0n) is 11.7. The van der Waals surface area contributed by atoms with Gasteiger partial charge in [0.2, 0.25) is 0 Å². The van der Waals surface area contributed by atoms with E-state index >= 15 is 0 Å². The second kappa shape index (κ2) is 7.77. The fourth-order valence-electron chi connectivity index (χ4n) is 1.62. The van der Waals surface area contributed by atoms with Crippen molar-refractivity contribution in [3.05, 3.63) is 58.6 Å². The van der Waals surface area contributed by atoms with Gasteiger partial charge in [-0.3, -0.25) is 15.6 Å². The van der Waals surface area contributed by atoms with E-state index in [0.29, 0.717) is 16.4 Å². The minimum Gasteiger partial charge on any atom is -0.497 e. The molecule has 0 aromatic heterocycles. The highest BCUT2D eigenvalue weighted by Crippen LogP contribution is 2.14. The van der Waals surface area contributed by atoms with Gasteiger partial charge in [-0.05, 0) is 60.7 Å². The molecule has 22 heavy (non-hydrogen) atoms. The molecule has 0 aliphatic rings. The SMILES string of the molecule is COc1ccc(C(=O)NNC(=S)Nc2ccc(Br)cc2)cc1. The summed E-state index contributed by atoms with van der Waals surface area (Å²) < 4.78 is 6.02. The van der Waals surface area contributed by atoms with Crippen LogP contribution in [0.2, 0.25) is 0 Å². The van der Waals surface area contributed by atoms with Crippen LogP contribution in [0.1, 0.15) is 10.4 Å². The number of hydrogen-bond acceptors (Lipinski definition) is 3. The molecule has 2 aromatic rings. The largest absolute Gasteiger partial charge is 0.497 e. The molecule has 2 rings (SSSR count). The average molecular weight is 380 g/mol. The Balaban J connectivity index is 1.84. The zero-order chi connectivity index (χ0) is 15.9. The van der Waals surface area contributed by atoms with E-state index in [0.717, 1.165) is 10.2 Å². The Morgan fingerprint density at radius 3 is 2.27 bits per heavy atom. The molecule has 0 aliphatic carbocycles. The third kappa shape index (κ3) is 4.71. The minimum atomic E-state index is -0.289. The van der Waals surface area contributed by atoms with E-state index in [2.05, 4.69) is 32.1 Å². The van der Waals surface area contributed by atoms with Crippen LogP contribution in [0, 0.1) is 0 Å². The maximum atomic E-state index is 11.9. The molecule has 114 valence electrons. The number of anilines is 1. The normalized spacial score (nSPS) is 9.73. The van der Waals surface area contributed by atoms with E-state index < -0.39 is 0 Å². The average Bonchev–Trinajstić information content (AvgIpc) is 2.55. The van der Waals surface area contributed by atoms with Crippen molar-refractivity contribution in [2.75, 3.05) is 12.4 Å². The van der Waals surface area contributed by atoms with E-state index in [1.54, 1.807) is 31.4 Å². The van der Waals surface area contributed by atoms with E-state index in [1.807, 2.05) is 24.3 Å². The van der Waals surface area contributed by atoms with Crippen LogP contribution < -0.4 is 20.9 Å². The standard InChI is InChI=1S/C15H14BrN3O2S/c1-21-13-8-2-10(3-9-13)14(20)18-19-15(22)17-12-6-4-11(16)5-7-12/h2-9H,1H3,(H,18,20)(H2,17,19,22). The molecule has 0 spiro atoms. The summed E-state index contributed by atoms with van der Waals surface area (Å²) in [6.45, 7) is 0. The third-order valence-electron chi connectivity index (χ3n) is 2.74. The summed E-state index contributed by atoms with van der Waals surface area (Å²) in [6.07, 6.45) is 0. The molecular formula is C15H14BrN3O2S. The van der Waals surface area contributed by atoms with Gasteiger partial charge in [0.1, 0.15) is 5.75 Å². The van der Waals surface area contributed by atoms with Crippen molar-refractivity contribution in [2.24, 2.45) is 0 Å². The molecule has 7 heteroatoms. The van der Waals surface area contributed by atoms with Gasteiger partial charge in [-0.25, -0.2) is 0 Å². The third-order valence-corrected chi connectivity index (χ3v) is 3.48. The van der Waals surface area contributed by atoms with Gasteiger partial charge in [-0.2, -0.15) is 0 Å². The number of halogens is 1. The monoisotopic (exact) mass is 379 g/mol. The highest BCUT2D eigenvalue weighted by Gasteiger charge is 2.06. The first-order chi connectivity index (χ1) is 10.6. The second-order valence-electron chi connectivity index (χ2n) is 4.27. The number of carbonyl (C=O) groups is 1. The number of methoxy groups -OCH3 is 1. The van der Waals surface area contributed by atoms with Gasteiger partial charge >= 0.3 is 0 Å². The number of carbonyl (C=O) groups excluding carboxylic acids is 1. The molecule has 1 amide bonds. The van der Waals surface area contributed by atoms with Crippen molar-refractivity contribution in [3.8, 4) is 5.75 Å². The first kappa shape index (κ1) is 16.3. The van der Waals surface area contributed by atoms with Crippen LogP contribution in [0.4, 0.5) is 5.69 Å². The van der Waals surface area contributed by atoms with Crippen LogP contribution in [0.5, 0.6) is 5.75 Å². The van der Waals surface area contributed by atoms with E-state index in [-0.39, 0.29) is 5.91 Å². The van der Waals surface area contributed by atoms with Crippen molar-refractivity contribution in [2.45, 2.75) is 0 Å². The summed E-state index contributed by atoms with van der Waals surface area (Å²) in [5.74, 6) is 0.402. The molecule has 5 nitrogen and oxygen atoms in total. The van der Waals surface area contributed by atoms with Crippen LogP contribution in [0.25, 0.3) is 0 Å². The van der Waals surface area contributed by atoms with E-state index in [9.17, 15) is 4.79 Å². The molecule has 3 N–H and O–H groups in total. The van der Waals surface area contributed by atoms with Gasteiger partial charge in [0.05, 0.1) is 7.11 Å².